The number of nitrogens with one attached hydrogen (secondary N) is 1. The summed E-state index contributed by atoms with van der Waals surface area (Å²) in [5.41, 5.74) is 1.21. The molecule has 5 heteroatoms. The average molecular weight is 313 g/mol. The second-order valence-corrected chi connectivity index (χ2v) is 5.77. The maximum absolute atomic E-state index is 6.23. The molecule has 0 radical (unpaired) electrons. The standard InChI is InChI=1S/C16H25ClN2O2/c1-20-15-12-13(11-14(17)16(15)21-2)5-3-4-8-19-9-6-18-7-10-19/h11-12,18H,3-10H2,1-2H3. The fraction of sp³-hybridized carbons (Fsp3) is 0.625. The minimum absolute atomic E-state index is 0.615. The van der Waals surface area contributed by atoms with E-state index in [0.717, 1.165) is 25.9 Å². The Balaban J connectivity index is 1.81. The van der Waals surface area contributed by atoms with Crippen LogP contribution in [0.3, 0.4) is 0 Å². The number of methoxy groups -OCH3 is 2. The van der Waals surface area contributed by atoms with Crippen LogP contribution in [0.5, 0.6) is 11.5 Å². The molecule has 0 spiro atoms. The summed E-state index contributed by atoms with van der Waals surface area (Å²) in [4.78, 5) is 2.53. The molecule has 4 nitrogen and oxygen atoms in total. The van der Waals surface area contributed by atoms with Gasteiger partial charge in [-0.15, -0.1) is 0 Å². The largest absolute Gasteiger partial charge is 0.493 e. The van der Waals surface area contributed by atoms with E-state index in [1.54, 1.807) is 14.2 Å². The molecule has 118 valence electrons. The second kappa shape index (κ2) is 8.47. The molecule has 0 aliphatic carbocycles. The minimum atomic E-state index is 0.615. The Labute approximate surface area is 132 Å². The Morgan fingerprint density at radius 1 is 1.14 bits per heavy atom. The first-order valence-corrected chi connectivity index (χ1v) is 7.96. The van der Waals surface area contributed by atoms with Gasteiger partial charge in [-0.1, -0.05) is 11.6 Å². The molecule has 1 saturated heterocycles. The van der Waals surface area contributed by atoms with Crippen LogP contribution in [-0.2, 0) is 6.42 Å². The third-order valence-electron chi connectivity index (χ3n) is 3.89. The molecule has 1 aliphatic rings. The van der Waals surface area contributed by atoms with Crippen molar-refractivity contribution >= 4 is 11.6 Å². The summed E-state index contributed by atoms with van der Waals surface area (Å²) < 4.78 is 10.6. The molecule has 0 atom stereocenters. The zero-order valence-electron chi connectivity index (χ0n) is 13.0. The van der Waals surface area contributed by atoms with E-state index in [9.17, 15) is 0 Å². The molecule has 1 heterocycles. The predicted molar refractivity (Wildman–Crippen MR) is 86.8 cm³/mol. The molecule has 0 bridgehead atoms. The zero-order valence-corrected chi connectivity index (χ0v) is 13.7. The van der Waals surface area contributed by atoms with Crippen molar-refractivity contribution in [3.63, 3.8) is 0 Å². The molecule has 0 aromatic heterocycles. The van der Waals surface area contributed by atoms with Crippen molar-refractivity contribution in [1.82, 2.24) is 10.2 Å². The second-order valence-electron chi connectivity index (χ2n) is 5.36. The van der Waals surface area contributed by atoms with Gasteiger partial charge in [0.15, 0.2) is 11.5 Å². The van der Waals surface area contributed by atoms with Crippen LogP contribution in [0.25, 0.3) is 0 Å². The van der Waals surface area contributed by atoms with Crippen LogP contribution in [0.4, 0.5) is 0 Å². The number of aryl methyl sites for hydroxylation is 1. The number of ether oxygens (including phenoxy) is 2. The summed E-state index contributed by atoms with van der Waals surface area (Å²) in [6.45, 7) is 5.75. The number of hydrogen-bond acceptors (Lipinski definition) is 4. The Kier molecular flexibility index (Phi) is 6.61. The van der Waals surface area contributed by atoms with Gasteiger partial charge in [0.1, 0.15) is 0 Å². The van der Waals surface area contributed by atoms with Gasteiger partial charge in [-0.3, -0.25) is 0 Å². The molecule has 1 N–H and O–H groups in total. The number of rotatable bonds is 7. The van der Waals surface area contributed by atoms with E-state index in [2.05, 4.69) is 10.2 Å². The highest BCUT2D eigenvalue weighted by atomic mass is 35.5. The highest BCUT2D eigenvalue weighted by molar-refractivity contribution is 6.32. The van der Waals surface area contributed by atoms with Crippen molar-refractivity contribution in [2.24, 2.45) is 0 Å². The first-order valence-electron chi connectivity index (χ1n) is 7.58. The number of nitrogens with zero attached hydrogens (tertiary/aromatic N) is 1. The van der Waals surface area contributed by atoms with Gasteiger partial charge in [0, 0.05) is 26.2 Å². The predicted octanol–water partition coefficient (Wildman–Crippen LogP) is 2.59. The van der Waals surface area contributed by atoms with Crippen LogP contribution in [0, 0.1) is 0 Å². The first kappa shape index (κ1) is 16.4. The van der Waals surface area contributed by atoms with Crippen molar-refractivity contribution in [3.05, 3.63) is 22.7 Å². The summed E-state index contributed by atoms with van der Waals surface area (Å²) in [6, 6.07) is 4.00. The number of piperazine rings is 1. The van der Waals surface area contributed by atoms with Crippen molar-refractivity contribution in [3.8, 4) is 11.5 Å². The molecule has 1 aliphatic heterocycles. The summed E-state index contributed by atoms with van der Waals surface area (Å²) in [5, 5.41) is 4.00. The highest BCUT2D eigenvalue weighted by Gasteiger charge is 2.11. The van der Waals surface area contributed by atoms with E-state index in [0.29, 0.717) is 16.5 Å². The fourth-order valence-electron chi connectivity index (χ4n) is 2.71. The SMILES string of the molecule is COc1cc(CCCCN2CCNCC2)cc(Cl)c1OC. The molecule has 0 unspecified atom stereocenters. The summed E-state index contributed by atoms with van der Waals surface area (Å²) in [7, 11) is 3.25. The van der Waals surface area contributed by atoms with Gasteiger partial charge < -0.3 is 19.7 Å². The summed E-state index contributed by atoms with van der Waals surface area (Å²) >= 11 is 6.23. The summed E-state index contributed by atoms with van der Waals surface area (Å²) in [6.07, 6.45) is 3.40. The normalized spacial score (nSPS) is 16.0. The van der Waals surface area contributed by atoms with Gasteiger partial charge in [-0.05, 0) is 43.5 Å². The third-order valence-corrected chi connectivity index (χ3v) is 4.17. The van der Waals surface area contributed by atoms with Crippen molar-refractivity contribution in [1.29, 1.82) is 0 Å². The Bertz CT molecular complexity index is 448. The van der Waals surface area contributed by atoms with E-state index in [1.165, 1.54) is 31.6 Å². The van der Waals surface area contributed by atoms with Crippen molar-refractivity contribution in [2.75, 3.05) is 46.9 Å². The van der Waals surface area contributed by atoms with Crippen LogP contribution in [-0.4, -0.2) is 51.8 Å². The summed E-state index contributed by atoms with van der Waals surface area (Å²) in [5.74, 6) is 1.32. The molecule has 1 fully saturated rings. The highest BCUT2D eigenvalue weighted by Crippen LogP contribution is 2.36. The lowest BCUT2D eigenvalue weighted by molar-refractivity contribution is 0.237. The molecule has 0 amide bonds. The lowest BCUT2D eigenvalue weighted by Gasteiger charge is -2.27. The van der Waals surface area contributed by atoms with Gasteiger partial charge in [0.05, 0.1) is 19.2 Å². The van der Waals surface area contributed by atoms with Crippen molar-refractivity contribution in [2.45, 2.75) is 19.3 Å². The van der Waals surface area contributed by atoms with E-state index < -0.39 is 0 Å². The lowest BCUT2D eigenvalue weighted by Crippen LogP contribution is -2.43. The molecule has 1 aromatic rings. The monoisotopic (exact) mass is 312 g/mol. The molecule has 2 rings (SSSR count). The maximum Gasteiger partial charge on any atom is 0.179 e. The maximum atomic E-state index is 6.23. The first-order chi connectivity index (χ1) is 10.2. The van der Waals surface area contributed by atoms with Gasteiger partial charge in [0.25, 0.3) is 0 Å². The number of hydrogen-bond donors (Lipinski definition) is 1. The van der Waals surface area contributed by atoms with Gasteiger partial charge >= 0.3 is 0 Å². The van der Waals surface area contributed by atoms with Gasteiger partial charge in [-0.2, -0.15) is 0 Å². The lowest BCUT2D eigenvalue weighted by atomic mass is 10.1. The van der Waals surface area contributed by atoms with Crippen LogP contribution < -0.4 is 14.8 Å². The van der Waals surface area contributed by atoms with Crippen molar-refractivity contribution < 1.29 is 9.47 Å². The third kappa shape index (κ3) is 4.77. The topological polar surface area (TPSA) is 33.7 Å². The number of benzene rings is 1. The fourth-order valence-corrected chi connectivity index (χ4v) is 3.03. The Morgan fingerprint density at radius 2 is 1.90 bits per heavy atom. The number of unbranched alkanes of at least 4 members (excludes halogenated alkanes) is 1. The van der Waals surface area contributed by atoms with E-state index >= 15 is 0 Å². The Morgan fingerprint density at radius 3 is 2.57 bits per heavy atom. The smallest absolute Gasteiger partial charge is 0.179 e. The quantitative estimate of drug-likeness (QED) is 0.785. The van der Waals surface area contributed by atoms with Crippen LogP contribution >= 0.6 is 11.6 Å². The zero-order chi connectivity index (χ0) is 15.1. The number of halogens is 1. The van der Waals surface area contributed by atoms with Gasteiger partial charge in [-0.25, -0.2) is 0 Å². The average Bonchev–Trinajstić information content (AvgIpc) is 2.52. The van der Waals surface area contributed by atoms with E-state index in [4.69, 9.17) is 21.1 Å². The molecular weight excluding hydrogens is 288 g/mol. The Hall–Kier alpha value is -0.970. The van der Waals surface area contributed by atoms with Crippen LogP contribution in [0.2, 0.25) is 5.02 Å². The van der Waals surface area contributed by atoms with Crippen LogP contribution in [0.15, 0.2) is 12.1 Å². The van der Waals surface area contributed by atoms with E-state index in [-0.39, 0.29) is 0 Å². The molecule has 1 aromatic carbocycles. The van der Waals surface area contributed by atoms with E-state index in [1.807, 2.05) is 12.1 Å². The molecular formula is C16H25ClN2O2. The molecule has 0 saturated carbocycles. The minimum Gasteiger partial charge on any atom is -0.493 e. The van der Waals surface area contributed by atoms with Crippen LogP contribution in [0.1, 0.15) is 18.4 Å². The molecule has 21 heavy (non-hydrogen) atoms. The van der Waals surface area contributed by atoms with Gasteiger partial charge in [0.2, 0.25) is 0 Å².